The van der Waals surface area contributed by atoms with Crippen molar-refractivity contribution in [2.45, 2.75) is 12.0 Å². The first kappa shape index (κ1) is 24.4. The summed E-state index contributed by atoms with van der Waals surface area (Å²) in [6.07, 6.45) is -1.76. The Kier molecular flexibility index (Phi) is 7.48. The van der Waals surface area contributed by atoms with Gasteiger partial charge in [0.2, 0.25) is 0 Å². The number of fused-ring (bicyclic) bond motifs is 3. The van der Waals surface area contributed by atoms with E-state index in [1.807, 2.05) is 36.4 Å². The van der Waals surface area contributed by atoms with Gasteiger partial charge in [0.15, 0.2) is 6.10 Å². The van der Waals surface area contributed by atoms with Crippen molar-refractivity contribution in [3.8, 4) is 11.1 Å². The number of ether oxygens (including phenoxy) is 2. The maximum atomic E-state index is 12.5. The lowest BCUT2D eigenvalue weighted by molar-refractivity contribution is -0.148. The molecule has 180 valence electrons. The molecule has 0 aliphatic heterocycles. The topological polar surface area (TPSA) is 114 Å². The Morgan fingerprint density at radius 1 is 1.00 bits per heavy atom. The zero-order valence-corrected chi connectivity index (χ0v) is 20.4. The summed E-state index contributed by atoms with van der Waals surface area (Å²) in [7, 11) is 1.26. The van der Waals surface area contributed by atoms with Gasteiger partial charge in [0.25, 0.3) is 5.91 Å². The van der Waals surface area contributed by atoms with Gasteiger partial charge in [-0.15, -0.1) is 0 Å². The molecule has 0 aromatic heterocycles. The number of rotatable bonds is 8. The van der Waals surface area contributed by atoms with E-state index in [1.165, 1.54) is 19.2 Å². The van der Waals surface area contributed by atoms with E-state index >= 15 is 0 Å². The molecule has 3 N–H and O–H groups in total. The van der Waals surface area contributed by atoms with Crippen molar-refractivity contribution in [3.05, 3.63) is 87.9 Å². The first-order valence-electron chi connectivity index (χ1n) is 10.8. The molecule has 0 saturated heterocycles. The van der Waals surface area contributed by atoms with Crippen LogP contribution < -0.4 is 10.6 Å². The summed E-state index contributed by atoms with van der Waals surface area (Å²) in [6, 6.07) is 20.8. The van der Waals surface area contributed by atoms with Crippen LogP contribution in [0.25, 0.3) is 11.1 Å². The maximum absolute atomic E-state index is 12.5. The van der Waals surface area contributed by atoms with Crippen LogP contribution >= 0.6 is 15.9 Å². The molecule has 0 saturated carbocycles. The first-order chi connectivity index (χ1) is 16.9. The van der Waals surface area contributed by atoms with Crippen LogP contribution in [0.2, 0.25) is 0 Å². The van der Waals surface area contributed by atoms with Crippen molar-refractivity contribution < 1.29 is 29.0 Å². The Morgan fingerprint density at radius 3 is 2.20 bits per heavy atom. The smallest absolute Gasteiger partial charge is 0.411 e. The molecule has 3 aromatic carbocycles. The van der Waals surface area contributed by atoms with E-state index in [1.54, 1.807) is 6.07 Å². The molecule has 0 spiro atoms. The molecule has 2 amide bonds. The monoisotopic (exact) mass is 538 g/mol. The maximum Gasteiger partial charge on any atom is 0.411 e. The van der Waals surface area contributed by atoms with E-state index in [9.17, 15) is 14.4 Å². The molecule has 1 aliphatic rings. The number of carboxylic acids is 1. The van der Waals surface area contributed by atoms with Gasteiger partial charge in [-0.05, 0) is 56.4 Å². The number of amides is 2. The van der Waals surface area contributed by atoms with E-state index in [0.717, 1.165) is 22.3 Å². The van der Waals surface area contributed by atoms with Crippen molar-refractivity contribution in [1.29, 1.82) is 0 Å². The van der Waals surface area contributed by atoms with Crippen molar-refractivity contribution >= 4 is 39.6 Å². The number of methoxy groups -OCH3 is 1. The third kappa shape index (κ3) is 5.36. The number of aliphatic carboxylic acids is 1. The van der Waals surface area contributed by atoms with Crippen molar-refractivity contribution in [2.24, 2.45) is 0 Å². The summed E-state index contributed by atoms with van der Waals surface area (Å²) in [5.41, 5.74) is 5.25. The third-order valence-corrected chi connectivity index (χ3v) is 6.48. The average Bonchev–Trinajstić information content (AvgIpc) is 3.17. The highest BCUT2D eigenvalue weighted by Gasteiger charge is 2.29. The molecule has 1 unspecified atom stereocenters. The lowest BCUT2D eigenvalue weighted by Gasteiger charge is -2.15. The van der Waals surface area contributed by atoms with Gasteiger partial charge < -0.3 is 19.9 Å². The summed E-state index contributed by atoms with van der Waals surface area (Å²) in [4.78, 5) is 35.9. The van der Waals surface area contributed by atoms with E-state index < -0.39 is 24.1 Å². The van der Waals surface area contributed by atoms with Crippen LogP contribution in [0.1, 0.15) is 27.4 Å². The van der Waals surface area contributed by atoms with Gasteiger partial charge in [0.05, 0.1) is 12.2 Å². The minimum absolute atomic E-state index is 0.0515. The van der Waals surface area contributed by atoms with Gasteiger partial charge >= 0.3 is 12.1 Å². The Hall–Kier alpha value is -3.69. The molecule has 4 rings (SSSR count). The highest BCUT2D eigenvalue weighted by atomic mass is 79.9. The van der Waals surface area contributed by atoms with Crippen LogP contribution in [0.5, 0.6) is 0 Å². The molecule has 0 heterocycles. The largest absolute Gasteiger partial charge is 0.479 e. The SMILES string of the molecule is COC(CNC(=O)c1ccc(NC(=O)OCC2c3ccccc3-c3ccccc32)c(Br)c1)C(=O)O. The number of carbonyl (C=O) groups excluding carboxylic acids is 2. The number of anilines is 1. The Bertz CT molecular complexity index is 1230. The Morgan fingerprint density at radius 2 is 1.63 bits per heavy atom. The van der Waals surface area contributed by atoms with Crippen molar-refractivity contribution in [2.75, 3.05) is 25.6 Å². The van der Waals surface area contributed by atoms with Crippen LogP contribution in [-0.4, -0.2) is 49.4 Å². The molecule has 9 heteroatoms. The Balaban J connectivity index is 1.37. The second-order valence-electron chi connectivity index (χ2n) is 7.92. The zero-order valence-electron chi connectivity index (χ0n) is 18.8. The molecule has 1 atom stereocenters. The second kappa shape index (κ2) is 10.7. The molecule has 0 radical (unpaired) electrons. The Labute approximate surface area is 210 Å². The van der Waals surface area contributed by atoms with Gasteiger partial charge in [-0.25, -0.2) is 9.59 Å². The number of halogens is 1. The van der Waals surface area contributed by atoms with E-state index in [4.69, 9.17) is 14.6 Å². The summed E-state index contributed by atoms with van der Waals surface area (Å²) in [5, 5.41) is 14.2. The highest BCUT2D eigenvalue weighted by Crippen LogP contribution is 2.44. The third-order valence-electron chi connectivity index (χ3n) is 5.82. The van der Waals surface area contributed by atoms with Crippen LogP contribution in [0.15, 0.2) is 71.2 Å². The van der Waals surface area contributed by atoms with E-state index in [-0.39, 0.29) is 24.6 Å². The molecular weight excluding hydrogens is 516 g/mol. The number of carboxylic acid groups (broad SMARTS) is 1. The fraction of sp³-hybridized carbons (Fsp3) is 0.192. The first-order valence-corrected chi connectivity index (χ1v) is 11.6. The molecular formula is C26H23BrN2O6. The number of hydrogen-bond donors (Lipinski definition) is 3. The van der Waals surface area contributed by atoms with Crippen molar-refractivity contribution in [3.63, 3.8) is 0 Å². The number of carbonyl (C=O) groups is 3. The van der Waals surface area contributed by atoms with Crippen LogP contribution in [0.3, 0.4) is 0 Å². The fourth-order valence-corrected chi connectivity index (χ4v) is 4.54. The molecule has 0 bridgehead atoms. The highest BCUT2D eigenvalue weighted by molar-refractivity contribution is 9.10. The van der Waals surface area contributed by atoms with Crippen LogP contribution in [0.4, 0.5) is 10.5 Å². The van der Waals surface area contributed by atoms with Crippen LogP contribution in [0, 0.1) is 0 Å². The van der Waals surface area contributed by atoms with E-state index in [0.29, 0.717) is 10.2 Å². The van der Waals surface area contributed by atoms with Crippen LogP contribution in [-0.2, 0) is 14.3 Å². The normalized spacial score (nSPS) is 12.9. The summed E-state index contributed by atoms with van der Waals surface area (Å²) in [5.74, 6) is -1.69. The average molecular weight is 539 g/mol. The van der Waals surface area contributed by atoms with Gasteiger partial charge in [-0.1, -0.05) is 48.5 Å². The predicted molar refractivity (Wildman–Crippen MR) is 134 cm³/mol. The van der Waals surface area contributed by atoms with Gasteiger partial charge in [-0.2, -0.15) is 0 Å². The predicted octanol–water partition coefficient (Wildman–Crippen LogP) is 4.64. The second-order valence-corrected chi connectivity index (χ2v) is 8.77. The standard InChI is InChI=1S/C26H23BrN2O6/c1-34-23(25(31)32)13-28-24(30)15-10-11-22(21(27)12-15)29-26(33)35-14-20-18-8-4-2-6-16(18)17-7-3-5-9-19(17)20/h2-12,20,23H,13-14H2,1H3,(H,28,30)(H,29,33)(H,31,32). The zero-order chi connectivity index (χ0) is 24.9. The molecule has 35 heavy (non-hydrogen) atoms. The van der Waals surface area contributed by atoms with Gasteiger partial charge in [-0.3, -0.25) is 10.1 Å². The molecule has 8 nitrogen and oxygen atoms in total. The quantitative estimate of drug-likeness (QED) is 0.385. The lowest BCUT2D eigenvalue weighted by Crippen LogP contribution is -2.37. The van der Waals surface area contributed by atoms with Gasteiger partial charge in [0, 0.05) is 23.1 Å². The lowest BCUT2D eigenvalue weighted by atomic mass is 9.98. The minimum atomic E-state index is -1.17. The van der Waals surface area contributed by atoms with Crippen molar-refractivity contribution in [1.82, 2.24) is 5.32 Å². The number of hydrogen-bond acceptors (Lipinski definition) is 5. The molecule has 3 aromatic rings. The van der Waals surface area contributed by atoms with E-state index in [2.05, 4.69) is 38.7 Å². The summed E-state index contributed by atoms with van der Waals surface area (Å²) < 4.78 is 10.8. The van der Waals surface area contributed by atoms with Gasteiger partial charge in [0.1, 0.15) is 6.61 Å². The summed E-state index contributed by atoms with van der Waals surface area (Å²) >= 11 is 3.35. The number of benzene rings is 3. The number of nitrogens with one attached hydrogen (secondary N) is 2. The molecule has 1 aliphatic carbocycles. The minimum Gasteiger partial charge on any atom is -0.479 e. The summed E-state index contributed by atoms with van der Waals surface area (Å²) in [6.45, 7) is 0.00422. The fourth-order valence-electron chi connectivity index (χ4n) is 4.06. The molecule has 0 fully saturated rings.